The minimum Gasteiger partial charge on any atom is -0.489 e. The lowest BCUT2D eigenvalue weighted by molar-refractivity contribution is 0.0982. The Morgan fingerprint density at radius 1 is 1.22 bits per heavy atom. The van der Waals surface area contributed by atoms with Crippen LogP contribution in [-0.2, 0) is 0 Å². The summed E-state index contributed by atoms with van der Waals surface area (Å²) in [6.45, 7) is 6.17. The van der Waals surface area contributed by atoms with Gasteiger partial charge in [-0.25, -0.2) is 0 Å². The van der Waals surface area contributed by atoms with E-state index >= 15 is 0 Å². The summed E-state index contributed by atoms with van der Waals surface area (Å²) < 4.78 is 6.50. The average molecular weight is 417 g/mol. The van der Waals surface area contributed by atoms with Gasteiger partial charge in [0.15, 0.2) is 5.11 Å². The van der Waals surface area contributed by atoms with E-state index in [4.69, 9.17) is 28.6 Å². The molecule has 3 rings (SSSR count). The van der Waals surface area contributed by atoms with Crippen LogP contribution in [0.15, 0.2) is 60.7 Å². The molecule has 0 atom stereocenters. The number of amides is 1. The van der Waals surface area contributed by atoms with E-state index in [9.17, 15) is 4.79 Å². The first kappa shape index (κ1) is 19.4. The van der Waals surface area contributed by atoms with E-state index in [1.54, 1.807) is 0 Å². The number of benzene rings is 2. The molecule has 4 nitrogen and oxygen atoms in total. The van der Waals surface area contributed by atoms with Gasteiger partial charge in [-0.1, -0.05) is 36.4 Å². The van der Waals surface area contributed by atoms with Gasteiger partial charge in [0.1, 0.15) is 17.2 Å². The molecule has 7 heteroatoms. The van der Waals surface area contributed by atoms with E-state index in [0.29, 0.717) is 16.5 Å². The summed E-state index contributed by atoms with van der Waals surface area (Å²) in [4.78, 5) is 12.9. The molecule has 1 aromatic heterocycles. The highest BCUT2D eigenvalue weighted by molar-refractivity contribution is 7.80. The Labute approximate surface area is 171 Å². The number of hydrogen-bond acceptors (Lipinski definition) is 4. The smallest absolute Gasteiger partial charge is 0.269 e. The van der Waals surface area contributed by atoms with Crippen LogP contribution in [0.5, 0.6) is 5.75 Å². The summed E-state index contributed by atoms with van der Waals surface area (Å²) in [6, 6.07) is 14.9. The van der Waals surface area contributed by atoms with Gasteiger partial charge in [0.05, 0.1) is 5.02 Å². The van der Waals surface area contributed by atoms with Crippen LogP contribution >= 0.6 is 35.2 Å². The highest BCUT2D eigenvalue weighted by Crippen LogP contribution is 2.34. The van der Waals surface area contributed by atoms with E-state index in [1.807, 2.05) is 55.5 Å². The van der Waals surface area contributed by atoms with Gasteiger partial charge in [-0.05, 0) is 55.0 Å². The number of thiophene rings is 1. The molecule has 27 heavy (non-hydrogen) atoms. The van der Waals surface area contributed by atoms with Crippen LogP contribution in [0.3, 0.4) is 0 Å². The highest BCUT2D eigenvalue weighted by atomic mass is 35.5. The van der Waals surface area contributed by atoms with Crippen molar-refractivity contribution < 1.29 is 9.53 Å². The van der Waals surface area contributed by atoms with Gasteiger partial charge < -0.3 is 10.1 Å². The molecule has 138 valence electrons. The minimum absolute atomic E-state index is 0.198. The Kier molecular flexibility index (Phi) is 6.11. The molecule has 0 bridgehead atoms. The van der Waals surface area contributed by atoms with Gasteiger partial charge in [0.2, 0.25) is 0 Å². The fraction of sp³-hybridized carbons (Fsp3) is 0.100. The van der Waals surface area contributed by atoms with E-state index in [-0.39, 0.29) is 11.0 Å². The third-order valence-corrected chi connectivity index (χ3v) is 5.44. The Morgan fingerprint density at radius 2 is 1.93 bits per heavy atom. The Hall–Kier alpha value is -2.41. The molecule has 1 heterocycles. The molecule has 0 radical (unpaired) electrons. The summed E-state index contributed by atoms with van der Waals surface area (Å²) in [5.41, 5.74) is 1.69. The van der Waals surface area contributed by atoms with E-state index in [1.165, 1.54) is 11.3 Å². The standard InChI is InChI=1S/C20H17ClN2O2S2/c1-12(2)11-25-14-9-7-13(8-10-14)22-20(26)23-19(24)18-17(21)15-5-3-4-6-16(15)27-18/h3-10H,1,11H2,2H3,(H2,22,23,24,26). The van der Waals surface area contributed by atoms with Crippen molar-refractivity contribution in [2.45, 2.75) is 6.92 Å². The number of carbonyl (C=O) groups excluding carboxylic acids is 1. The largest absolute Gasteiger partial charge is 0.489 e. The molecular weight excluding hydrogens is 400 g/mol. The van der Waals surface area contributed by atoms with Crippen LogP contribution < -0.4 is 15.4 Å². The predicted octanol–water partition coefficient (Wildman–Crippen LogP) is 5.64. The number of hydrogen-bond donors (Lipinski definition) is 2. The number of fused-ring (bicyclic) bond motifs is 1. The Morgan fingerprint density at radius 3 is 2.59 bits per heavy atom. The molecule has 0 saturated heterocycles. The van der Waals surface area contributed by atoms with Gasteiger partial charge in [-0.3, -0.25) is 10.1 Å². The number of carbonyl (C=O) groups is 1. The van der Waals surface area contributed by atoms with Crippen molar-refractivity contribution in [1.29, 1.82) is 0 Å². The molecule has 2 aromatic carbocycles. The van der Waals surface area contributed by atoms with Crippen molar-refractivity contribution in [1.82, 2.24) is 5.32 Å². The summed E-state index contributed by atoms with van der Waals surface area (Å²) in [7, 11) is 0. The van der Waals surface area contributed by atoms with Crippen LogP contribution in [0.4, 0.5) is 5.69 Å². The molecule has 1 amide bonds. The fourth-order valence-electron chi connectivity index (χ4n) is 2.32. The molecule has 0 aliphatic rings. The zero-order valence-corrected chi connectivity index (χ0v) is 16.9. The lowest BCUT2D eigenvalue weighted by Gasteiger charge is -2.10. The first-order valence-electron chi connectivity index (χ1n) is 8.10. The Bertz CT molecular complexity index is 1010. The van der Waals surface area contributed by atoms with Crippen LogP contribution in [0.1, 0.15) is 16.6 Å². The van der Waals surface area contributed by atoms with Crippen molar-refractivity contribution in [2.24, 2.45) is 0 Å². The summed E-state index contributed by atoms with van der Waals surface area (Å²) >= 11 is 12.9. The van der Waals surface area contributed by atoms with Crippen molar-refractivity contribution >= 4 is 61.9 Å². The maximum absolute atomic E-state index is 12.5. The van der Waals surface area contributed by atoms with Crippen LogP contribution in [-0.4, -0.2) is 17.6 Å². The first-order valence-corrected chi connectivity index (χ1v) is 9.71. The number of anilines is 1. The number of thiocarbonyl (C=S) groups is 1. The van der Waals surface area contributed by atoms with Gasteiger partial charge in [-0.2, -0.15) is 0 Å². The number of nitrogens with one attached hydrogen (secondary N) is 2. The second-order valence-corrected chi connectivity index (χ2v) is 7.76. The predicted molar refractivity (Wildman–Crippen MR) is 117 cm³/mol. The summed E-state index contributed by atoms with van der Waals surface area (Å²) in [5.74, 6) is 0.399. The van der Waals surface area contributed by atoms with E-state index in [0.717, 1.165) is 27.1 Å². The summed E-state index contributed by atoms with van der Waals surface area (Å²) in [5, 5.41) is 7.14. The van der Waals surface area contributed by atoms with Gasteiger partial charge >= 0.3 is 0 Å². The van der Waals surface area contributed by atoms with Crippen molar-refractivity contribution in [3.63, 3.8) is 0 Å². The van der Waals surface area contributed by atoms with Crippen molar-refractivity contribution in [3.8, 4) is 5.75 Å². The number of halogens is 1. The lowest BCUT2D eigenvalue weighted by atomic mass is 10.2. The monoisotopic (exact) mass is 416 g/mol. The van der Waals surface area contributed by atoms with Crippen molar-refractivity contribution in [2.75, 3.05) is 11.9 Å². The molecule has 0 saturated carbocycles. The van der Waals surface area contributed by atoms with Crippen LogP contribution in [0, 0.1) is 0 Å². The average Bonchev–Trinajstić information content (AvgIpc) is 2.98. The lowest BCUT2D eigenvalue weighted by Crippen LogP contribution is -2.33. The molecule has 2 N–H and O–H groups in total. The highest BCUT2D eigenvalue weighted by Gasteiger charge is 2.17. The van der Waals surface area contributed by atoms with Gasteiger partial charge in [0, 0.05) is 15.8 Å². The quantitative estimate of drug-likeness (QED) is 0.417. The second-order valence-electron chi connectivity index (χ2n) is 5.92. The zero-order valence-electron chi connectivity index (χ0n) is 14.5. The first-order chi connectivity index (χ1) is 12.9. The molecule has 0 fully saturated rings. The SMILES string of the molecule is C=C(C)COc1ccc(NC(=S)NC(=O)c2sc3ccccc3c2Cl)cc1. The zero-order chi connectivity index (χ0) is 19.4. The fourth-order valence-corrected chi connectivity index (χ4v) is 3.95. The third kappa shape index (κ3) is 4.86. The van der Waals surface area contributed by atoms with Crippen molar-refractivity contribution in [3.05, 3.63) is 70.6 Å². The maximum Gasteiger partial charge on any atom is 0.269 e. The van der Waals surface area contributed by atoms with Crippen LogP contribution in [0.25, 0.3) is 10.1 Å². The molecule has 0 spiro atoms. The third-order valence-electron chi connectivity index (χ3n) is 3.57. The maximum atomic E-state index is 12.5. The van der Waals surface area contributed by atoms with Gasteiger partial charge in [-0.15, -0.1) is 11.3 Å². The van der Waals surface area contributed by atoms with E-state index in [2.05, 4.69) is 17.2 Å². The molecule has 3 aromatic rings. The number of rotatable bonds is 5. The Balaban J connectivity index is 1.62. The second kappa shape index (κ2) is 8.52. The van der Waals surface area contributed by atoms with Gasteiger partial charge in [0.25, 0.3) is 5.91 Å². The minimum atomic E-state index is -0.333. The molecule has 0 aliphatic carbocycles. The summed E-state index contributed by atoms with van der Waals surface area (Å²) in [6.07, 6.45) is 0. The topological polar surface area (TPSA) is 50.4 Å². The molecule has 0 unspecified atom stereocenters. The van der Waals surface area contributed by atoms with Crippen LogP contribution in [0.2, 0.25) is 5.02 Å². The van der Waals surface area contributed by atoms with E-state index < -0.39 is 0 Å². The number of ether oxygens (including phenoxy) is 1. The molecular formula is C20H17ClN2O2S2. The normalized spacial score (nSPS) is 10.4. The molecule has 0 aliphatic heterocycles.